The fraction of sp³-hybridized carbons (Fsp3) is 0.255. The number of carbonyl (C=O) groups is 6. The third-order valence-electron chi connectivity index (χ3n) is 12.0. The Labute approximate surface area is 452 Å². The average Bonchev–Trinajstić information content (AvgIpc) is 3.99. The maximum Gasteiger partial charge on any atom is 0.268 e. The van der Waals surface area contributed by atoms with E-state index in [2.05, 4.69) is 76.3 Å². The molecule has 394 valence electrons. The molecule has 76 heavy (non-hydrogen) atoms. The molecule has 2 aliphatic rings. The number of pyridine rings is 2. The van der Waals surface area contributed by atoms with Crippen LogP contribution in [-0.2, 0) is 32.3 Å². The van der Waals surface area contributed by atoms with Crippen LogP contribution in [0.2, 0.25) is 0 Å². The Kier molecular flexibility index (Phi) is 19.4. The van der Waals surface area contributed by atoms with Crippen LogP contribution < -0.4 is 21.3 Å². The summed E-state index contributed by atoms with van der Waals surface area (Å²) in [5.74, 6) is -9.08. The lowest BCUT2D eigenvalue weighted by atomic mass is 9.96. The Bertz CT molecular complexity index is 3250. The molecule has 15 nitrogen and oxygen atoms in total. The first-order valence-electron chi connectivity index (χ1n) is 23.7. The number of rotatable bonds is 14. The summed E-state index contributed by atoms with van der Waals surface area (Å²) in [5.41, 5.74) is 5.77. The summed E-state index contributed by atoms with van der Waals surface area (Å²) >= 11 is 6.84. The van der Waals surface area contributed by atoms with Crippen LogP contribution >= 0.6 is 31.9 Å². The summed E-state index contributed by atoms with van der Waals surface area (Å²) in [6, 6.07) is 25.5. The van der Waals surface area contributed by atoms with E-state index in [-0.39, 0.29) is 30.3 Å². The molecule has 6 amide bonds. The molecule has 1 atom stereocenters. The van der Waals surface area contributed by atoms with Crippen molar-refractivity contribution in [3.05, 3.63) is 154 Å². The number of benzene rings is 4. The maximum atomic E-state index is 13.8. The number of nitriles is 1. The number of alkyl halides is 4. The fourth-order valence-corrected chi connectivity index (χ4v) is 8.95. The van der Waals surface area contributed by atoms with Gasteiger partial charge in [0.15, 0.2) is 0 Å². The largest absolute Gasteiger partial charge is 0.348 e. The van der Waals surface area contributed by atoms with Crippen molar-refractivity contribution in [3.8, 4) is 28.3 Å². The second-order valence-electron chi connectivity index (χ2n) is 17.2. The molecule has 2 aromatic heterocycles. The van der Waals surface area contributed by atoms with Gasteiger partial charge in [0.1, 0.15) is 6.04 Å². The molecule has 4 heterocycles. The first-order chi connectivity index (χ1) is 36.3. The van der Waals surface area contributed by atoms with Crippen molar-refractivity contribution < 1.29 is 46.3 Å². The van der Waals surface area contributed by atoms with E-state index >= 15 is 0 Å². The number of fused-ring (bicyclic) bond motifs is 2. The van der Waals surface area contributed by atoms with Gasteiger partial charge in [0.2, 0.25) is 23.6 Å². The quantitative estimate of drug-likeness (QED) is 0.0606. The van der Waals surface area contributed by atoms with Gasteiger partial charge in [-0.15, -0.1) is 0 Å². The normalized spacial score (nSPS) is 15.0. The Balaban J connectivity index is 0.000000239. The molecule has 0 saturated carbocycles. The van der Waals surface area contributed by atoms with Gasteiger partial charge in [0, 0.05) is 75.7 Å². The number of nitrogens with zero attached hydrogens (tertiary/aromatic N) is 5. The molecule has 2 aliphatic heterocycles. The van der Waals surface area contributed by atoms with E-state index in [9.17, 15) is 51.6 Å². The van der Waals surface area contributed by atoms with Crippen molar-refractivity contribution in [2.75, 3.05) is 32.7 Å². The van der Waals surface area contributed by atoms with Crippen LogP contribution in [0.3, 0.4) is 0 Å². The number of halogens is 6. The van der Waals surface area contributed by atoms with Crippen molar-refractivity contribution in [1.29, 1.82) is 5.26 Å². The van der Waals surface area contributed by atoms with E-state index in [1.165, 1.54) is 12.2 Å². The second kappa shape index (κ2) is 25.6. The highest BCUT2D eigenvalue weighted by Crippen LogP contribution is 2.34. The van der Waals surface area contributed by atoms with Crippen LogP contribution in [0.25, 0.3) is 44.1 Å². The Morgan fingerprint density at radius 3 is 1.53 bits per heavy atom. The van der Waals surface area contributed by atoms with Gasteiger partial charge in [0.25, 0.3) is 23.7 Å². The van der Waals surface area contributed by atoms with Gasteiger partial charge in [-0.3, -0.25) is 38.7 Å². The number of aromatic nitrogens is 2. The molecule has 2 fully saturated rings. The lowest BCUT2D eigenvalue weighted by Crippen LogP contribution is -2.43. The van der Waals surface area contributed by atoms with Crippen molar-refractivity contribution in [2.45, 2.75) is 57.7 Å². The summed E-state index contributed by atoms with van der Waals surface area (Å²) in [4.78, 5) is 85.6. The zero-order valence-electron chi connectivity index (χ0n) is 41.2. The monoisotopic (exact) mass is 1170 g/mol. The van der Waals surface area contributed by atoms with E-state index in [4.69, 9.17) is 0 Å². The highest BCUT2D eigenvalue weighted by molar-refractivity contribution is 9.10. The number of likely N-dealkylation sites (tertiary alicyclic amines) is 2. The fourth-order valence-electron chi connectivity index (χ4n) is 8.23. The molecule has 0 bridgehead atoms. The number of hydrogen-bond acceptors (Lipinski definition) is 9. The molecular formula is C55H51Br2F4N9O6. The van der Waals surface area contributed by atoms with E-state index in [1.54, 1.807) is 79.1 Å². The van der Waals surface area contributed by atoms with Crippen molar-refractivity contribution in [3.63, 3.8) is 0 Å². The zero-order chi connectivity index (χ0) is 55.3. The summed E-state index contributed by atoms with van der Waals surface area (Å²) in [5, 5.41) is 20.8. The van der Waals surface area contributed by atoms with E-state index < -0.39 is 74.1 Å². The Hall–Kier alpha value is -7.83. The van der Waals surface area contributed by atoms with E-state index in [0.29, 0.717) is 67.2 Å². The number of carbonyl (C=O) groups excluding carboxylic acids is 6. The van der Waals surface area contributed by atoms with Crippen LogP contribution in [0.15, 0.2) is 132 Å². The standard InChI is InChI=1S/C27H22BrF2N5O3.C26H23BrF2N4O3.C2H6/c1-2-23(36)33-12-16-3-5-17(6-4-16)21-13-32-22-8-7-18(28)9-20(22)25(21)26(38)34-14-24(37)35-15-27(29,30)10-19(35)11-31;1-2-22(34)31-12-16-3-5-17(6-4-16)20-13-30-21-8-7-18(27)11-19(21)24(20)25(36)32-14-23(35)33-10-9-26(28,29)15-33;1-2/h2-9,13,19H,1,10,12,14-15H2,(H,33,36)(H,34,38);2-8,11,13H,1,9-10,12,14-15H2,(H,31,34)(H,32,36);1-2H3. The molecule has 0 radical (unpaired) electrons. The first kappa shape index (κ1) is 57.4. The first-order valence-corrected chi connectivity index (χ1v) is 25.3. The topological polar surface area (TPSA) is 207 Å². The molecular weight excluding hydrogens is 1120 g/mol. The van der Waals surface area contributed by atoms with Gasteiger partial charge in [0.05, 0.1) is 54.4 Å². The van der Waals surface area contributed by atoms with Crippen LogP contribution in [0.4, 0.5) is 17.6 Å². The number of amides is 6. The summed E-state index contributed by atoms with van der Waals surface area (Å²) in [7, 11) is 0. The minimum Gasteiger partial charge on any atom is -0.348 e. The minimum absolute atomic E-state index is 0.0440. The van der Waals surface area contributed by atoms with Gasteiger partial charge in [-0.25, -0.2) is 17.6 Å². The lowest BCUT2D eigenvalue weighted by molar-refractivity contribution is -0.131. The average molecular weight is 1170 g/mol. The highest BCUT2D eigenvalue weighted by Gasteiger charge is 2.47. The van der Waals surface area contributed by atoms with Crippen LogP contribution in [0.5, 0.6) is 0 Å². The third-order valence-corrected chi connectivity index (χ3v) is 13.0. The Morgan fingerprint density at radius 1 is 0.671 bits per heavy atom. The summed E-state index contributed by atoms with van der Waals surface area (Å²) in [6.45, 7) is 8.95. The minimum atomic E-state index is -3.15. The predicted octanol–water partition coefficient (Wildman–Crippen LogP) is 9.05. The molecule has 0 aliphatic carbocycles. The summed E-state index contributed by atoms with van der Waals surface area (Å²) in [6.07, 6.45) is 4.39. The molecule has 2 saturated heterocycles. The van der Waals surface area contributed by atoms with Crippen molar-refractivity contribution in [2.24, 2.45) is 0 Å². The lowest BCUT2D eigenvalue weighted by Gasteiger charge is -2.20. The molecule has 4 aromatic carbocycles. The van der Waals surface area contributed by atoms with Crippen LogP contribution in [0, 0.1) is 11.3 Å². The van der Waals surface area contributed by atoms with E-state index in [1.807, 2.05) is 38.1 Å². The molecule has 4 N–H and O–H groups in total. The zero-order valence-corrected chi connectivity index (χ0v) is 44.4. The molecule has 8 rings (SSSR count). The highest BCUT2D eigenvalue weighted by atomic mass is 79.9. The second-order valence-corrected chi connectivity index (χ2v) is 19.0. The van der Waals surface area contributed by atoms with E-state index in [0.717, 1.165) is 25.4 Å². The third kappa shape index (κ3) is 14.5. The van der Waals surface area contributed by atoms with Gasteiger partial charge in [-0.1, -0.05) is 107 Å². The van der Waals surface area contributed by atoms with Crippen LogP contribution in [0.1, 0.15) is 58.5 Å². The van der Waals surface area contributed by atoms with Gasteiger partial charge in [-0.05, 0) is 70.8 Å². The van der Waals surface area contributed by atoms with Crippen molar-refractivity contribution in [1.82, 2.24) is 41.0 Å². The maximum absolute atomic E-state index is 13.8. The smallest absolute Gasteiger partial charge is 0.268 e. The number of hydrogen-bond donors (Lipinski definition) is 4. The van der Waals surface area contributed by atoms with Crippen LogP contribution in [-0.4, -0.2) is 106 Å². The van der Waals surface area contributed by atoms with Gasteiger partial charge < -0.3 is 31.1 Å². The summed E-state index contributed by atoms with van der Waals surface area (Å²) < 4.78 is 56.0. The predicted molar refractivity (Wildman–Crippen MR) is 287 cm³/mol. The van der Waals surface area contributed by atoms with Gasteiger partial charge in [-0.2, -0.15) is 5.26 Å². The molecule has 1 unspecified atom stereocenters. The molecule has 6 aromatic rings. The molecule has 0 spiro atoms. The van der Waals surface area contributed by atoms with Crippen molar-refractivity contribution >= 4 is 89.1 Å². The van der Waals surface area contributed by atoms with Gasteiger partial charge >= 0.3 is 0 Å². The molecule has 21 heteroatoms. The SMILES string of the molecule is C=CC(=O)NCc1ccc(-c2cnc3ccc(Br)cc3c2C(=O)NCC(=O)N2CC(F)(F)CC2C#N)cc1.C=CC(=O)NCc1ccc(-c2cnc3ccc(Br)cc3c2C(=O)NCC(=O)N2CCC(F)(F)C2)cc1.CC. The Morgan fingerprint density at radius 2 is 1.12 bits per heavy atom. The number of nitrogens with one attached hydrogen (secondary N) is 4.